The van der Waals surface area contributed by atoms with Crippen LogP contribution in [0.4, 0.5) is 4.79 Å². The van der Waals surface area contributed by atoms with E-state index in [1.165, 1.54) is 0 Å². The molecule has 1 amide bonds. The van der Waals surface area contributed by atoms with E-state index in [1.807, 2.05) is 34.6 Å². The number of nitrogens with one attached hydrogen (secondary N) is 1. The fourth-order valence-corrected chi connectivity index (χ4v) is 1.90. The predicted molar refractivity (Wildman–Crippen MR) is 67.5 cm³/mol. The summed E-state index contributed by atoms with van der Waals surface area (Å²) in [5.41, 5.74) is -0.548. The molecule has 0 bridgehead atoms. The maximum absolute atomic E-state index is 11.6. The summed E-state index contributed by atoms with van der Waals surface area (Å²) in [6, 6.07) is 0. The number of carbonyl (C=O) groups excluding carboxylic acids is 1. The van der Waals surface area contributed by atoms with E-state index in [4.69, 9.17) is 4.74 Å². The molecule has 0 spiro atoms. The van der Waals surface area contributed by atoms with Gasteiger partial charge in [-0.05, 0) is 46.5 Å². The summed E-state index contributed by atoms with van der Waals surface area (Å²) in [6.45, 7) is 16.1. The summed E-state index contributed by atoms with van der Waals surface area (Å²) in [7, 11) is 0. The molecule has 0 aliphatic carbocycles. The molecule has 0 rings (SSSR count). The first kappa shape index (κ1) is 15.3. The first-order valence-corrected chi connectivity index (χ1v) is 5.82. The van der Waals surface area contributed by atoms with Crippen LogP contribution in [0, 0.1) is 5.41 Å². The SMILES string of the molecule is CC(C)(C)CC(C)(C)OC(=O)NC(C)(C)C. The normalized spacial score (nSPS) is 13.5. The van der Waals surface area contributed by atoms with Gasteiger partial charge in [-0.15, -0.1) is 0 Å². The largest absolute Gasteiger partial charge is 0.444 e. The highest BCUT2D eigenvalue weighted by atomic mass is 16.6. The maximum Gasteiger partial charge on any atom is 0.408 e. The zero-order valence-corrected chi connectivity index (χ0v) is 12.0. The van der Waals surface area contributed by atoms with Crippen molar-refractivity contribution in [1.82, 2.24) is 5.32 Å². The van der Waals surface area contributed by atoms with Crippen LogP contribution in [0.15, 0.2) is 0 Å². The Kier molecular flexibility index (Phi) is 4.43. The molecule has 3 heteroatoms. The average molecular weight is 229 g/mol. The number of amides is 1. The highest BCUT2D eigenvalue weighted by molar-refractivity contribution is 5.68. The third kappa shape index (κ3) is 8.57. The van der Waals surface area contributed by atoms with Gasteiger partial charge in [0.15, 0.2) is 0 Å². The molecule has 0 aliphatic heterocycles. The first-order chi connectivity index (χ1) is 6.81. The van der Waals surface area contributed by atoms with Gasteiger partial charge in [0, 0.05) is 5.54 Å². The van der Waals surface area contributed by atoms with E-state index >= 15 is 0 Å². The lowest BCUT2D eigenvalue weighted by Gasteiger charge is -2.33. The van der Waals surface area contributed by atoms with Crippen LogP contribution in [-0.2, 0) is 4.74 Å². The molecule has 0 atom stereocenters. The number of hydrogen-bond acceptors (Lipinski definition) is 2. The van der Waals surface area contributed by atoms with E-state index < -0.39 is 5.60 Å². The molecule has 0 saturated heterocycles. The molecule has 0 aromatic rings. The Morgan fingerprint density at radius 3 is 1.75 bits per heavy atom. The van der Waals surface area contributed by atoms with Crippen molar-refractivity contribution in [1.29, 1.82) is 0 Å². The summed E-state index contributed by atoms with van der Waals surface area (Å²) in [4.78, 5) is 11.6. The van der Waals surface area contributed by atoms with Crippen LogP contribution in [0.2, 0.25) is 0 Å². The second kappa shape index (κ2) is 4.64. The summed E-state index contributed by atoms with van der Waals surface area (Å²) in [6.07, 6.45) is 0.485. The van der Waals surface area contributed by atoms with Crippen molar-refractivity contribution in [3.8, 4) is 0 Å². The number of rotatable bonds is 2. The van der Waals surface area contributed by atoms with E-state index in [9.17, 15) is 4.79 Å². The Bertz CT molecular complexity index is 244. The van der Waals surface area contributed by atoms with Crippen molar-refractivity contribution in [2.24, 2.45) is 5.41 Å². The quantitative estimate of drug-likeness (QED) is 0.783. The summed E-state index contributed by atoms with van der Waals surface area (Å²) in [5, 5.41) is 2.80. The van der Waals surface area contributed by atoms with Gasteiger partial charge in [-0.3, -0.25) is 0 Å². The monoisotopic (exact) mass is 229 g/mol. The molecule has 0 aromatic heterocycles. The first-order valence-electron chi connectivity index (χ1n) is 5.82. The second-order valence-corrected chi connectivity index (χ2v) is 7.26. The minimum atomic E-state index is -0.437. The highest BCUT2D eigenvalue weighted by Gasteiger charge is 2.30. The molecule has 0 aromatic carbocycles. The molecule has 16 heavy (non-hydrogen) atoms. The molecule has 0 radical (unpaired) electrons. The zero-order chi connectivity index (χ0) is 13.2. The van der Waals surface area contributed by atoms with Crippen LogP contribution in [0.5, 0.6) is 0 Å². The third-order valence-electron chi connectivity index (χ3n) is 1.80. The van der Waals surface area contributed by atoms with Gasteiger partial charge in [0.25, 0.3) is 0 Å². The van der Waals surface area contributed by atoms with Crippen molar-refractivity contribution in [2.45, 2.75) is 73.0 Å². The van der Waals surface area contributed by atoms with Gasteiger partial charge >= 0.3 is 6.09 Å². The highest BCUT2D eigenvalue weighted by Crippen LogP contribution is 2.29. The maximum atomic E-state index is 11.6. The zero-order valence-electron chi connectivity index (χ0n) is 12.0. The van der Waals surface area contributed by atoms with Gasteiger partial charge in [0.2, 0.25) is 0 Å². The van der Waals surface area contributed by atoms with Gasteiger partial charge in [-0.1, -0.05) is 20.8 Å². The molecule has 0 unspecified atom stereocenters. The van der Waals surface area contributed by atoms with Crippen LogP contribution < -0.4 is 5.32 Å². The van der Waals surface area contributed by atoms with Crippen LogP contribution in [0.25, 0.3) is 0 Å². The molecule has 96 valence electrons. The summed E-state index contributed by atoms with van der Waals surface area (Å²) < 4.78 is 5.44. The smallest absolute Gasteiger partial charge is 0.408 e. The number of carbonyl (C=O) groups is 1. The lowest BCUT2D eigenvalue weighted by atomic mass is 9.84. The second-order valence-electron chi connectivity index (χ2n) is 7.26. The van der Waals surface area contributed by atoms with Crippen molar-refractivity contribution in [3.05, 3.63) is 0 Å². The van der Waals surface area contributed by atoms with Crippen molar-refractivity contribution in [2.75, 3.05) is 0 Å². The Labute approximate surface area is 99.9 Å². The van der Waals surface area contributed by atoms with Crippen LogP contribution in [0.3, 0.4) is 0 Å². The molecule has 0 aliphatic rings. The fourth-order valence-electron chi connectivity index (χ4n) is 1.90. The van der Waals surface area contributed by atoms with E-state index in [-0.39, 0.29) is 17.0 Å². The molecule has 0 fully saturated rings. The Morgan fingerprint density at radius 1 is 1.00 bits per heavy atom. The van der Waals surface area contributed by atoms with E-state index in [0.717, 1.165) is 6.42 Å². The summed E-state index contributed by atoms with van der Waals surface area (Å²) >= 11 is 0. The lowest BCUT2D eigenvalue weighted by molar-refractivity contribution is 0.00708. The molecular formula is C13H27NO2. The predicted octanol–water partition coefficient (Wildman–Crippen LogP) is 3.73. The van der Waals surface area contributed by atoms with Crippen molar-refractivity contribution in [3.63, 3.8) is 0 Å². The van der Waals surface area contributed by atoms with Crippen LogP contribution in [0.1, 0.15) is 61.8 Å². The average Bonchev–Trinajstić information content (AvgIpc) is 1.70. The summed E-state index contributed by atoms with van der Waals surface area (Å²) in [5.74, 6) is 0. The molecule has 1 N–H and O–H groups in total. The Balaban J connectivity index is 4.32. The van der Waals surface area contributed by atoms with Crippen molar-refractivity contribution >= 4 is 6.09 Å². The molecular weight excluding hydrogens is 202 g/mol. The topological polar surface area (TPSA) is 38.3 Å². The van der Waals surface area contributed by atoms with Gasteiger partial charge in [0.1, 0.15) is 5.60 Å². The molecule has 0 heterocycles. The minimum Gasteiger partial charge on any atom is -0.444 e. The van der Waals surface area contributed by atoms with Gasteiger partial charge in [-0.25, -0.2) is 4.79 Å². The van der Waals surface area contributed by atoms with Crippen LogP contribution in [-0.4, -0.2) is 17.2 Å². The lowest BCUT2D eigenvalue weighted by Crippen LogP contribution is -2.45. The third-order valence-corrected chi connectivity index (χ3v) is 1.80. The van der Waals surface area contributed by atoms with Crippen LogP contribution >= 0.6 is 0 Å². The standard InChI is InChI=1S/C13H27NO2/c1-11(2,3)9-13(7,8)16-10(15)14-12(4,5)6/h9H2,1-8H3,(H,14,15). The molecule has 0 saturated carbocycles. The Morgan fingerprint density at radius 2 is 1.44 bits per heavy atom. The van der Waals surface area contributed by atoms with E-state index in [2.05, 4.69) is 26.1 Å². The van der Waals surface area contributed by atoms with Gasteiger partial charge in [0.05, 0.1) is 0 Å². The van der Waals surface area contributed by atoms with Gasteiger partial charge in [-0.2, -0.15) is 0 Å². The Hall–Kier alpha value is -0.730. The number of hydrogen-bond donors (Lipinski definition) is 1. The number of ether oxygens (including phenoxy) is 1. The van der Waals surface area contributed by atoms with Gasteiger partial charge < -0.3 is 10.1 Å². The minimum absolute atomic E-state index is 0.144. The van der Waals surface area contributed by atoms with E-state index in [0.29, 0.717) is 0 Å². The van der Waals surface area contributed by atoms with E-state index in [1.54, 1.807) is 0 Å². The molecule has 3 nitrogen and oxygen atoms in total. The number of alkyl carbamates (subject to hydrolysis) is 1. The fraction of sp³-hybridized carbons (Fsp3) is 0.923. The van der Waals surface area contributed by atoms with Crippen molar-refractivity contribution < 1.29 is 9.53 Å².